The summed E-state index contributed by atoms with van der Waals surface area (Å²) in [6, 6.07) is 1.33. The van der Waals surface area contributed by atoms with Crippen LogP contribution in [0.4, 0.5) is 26.3 Å². The van der Waals surface area contributed by atoms with Crippen molar-refractivity contribution in [3.05, 3.63) is 23.5 Å². The summed E-state index contributed by atoms with van der Waals surface area (Å²) in [7, 11) is 0.632. The molecule has 0 spiro atoms. The summed E-state index contributed by atoms with van der Waals surface area (Å²) in [5.41, 5.74) is -2.39. The highest BCUT2D eigenvalue weighted by Crippen LogP contribution is 2.36. The normalized spacial score (nSPS) is 22.2. The van der Waals surface area contributed by atoms with Crippen molar-refractivity contribution >= 4 is 7.69 Å². The molecule has 2 aromatic heterocycles. The summed E-state index contributed by atoms with van der Waals surface area (Å²) in [5.74, 6) is -0.657. The Balaban J connectivity index is 1.52. The van der Waals surface area contributed by atoms with Gasteiger partial charge in [-0.2, -0.15) is 36.5 Å². The van der Waals surface area contributed by atoms with Crippen molar-refractivity contribution in [2.75, 3.05) is 13.2 Å². The SMILES string of the molecule is FC(F)(F)c1cc(O[B]Oc2cc(C(F)(F)F)nn2C2CCCCO2)n(C2CCCCO2)n1. The third-order valence-corrected chi connectivity index (χ3v) is 5.18. The maximum absolute atomic E-state index is 13.2. The molecule has 33 heavy (non-hydrogen) atoms. The van der Waals surface area contributed by atoms with E-state index in [1.54, 1.807) is 0 Å². The van der Waals surface area contributed by atoms with Crippen LogP contribution in [0, 0.1) is 0 Å². The first-order valence-corrected chi connectivity index (χ1v) is 10.3. The highest BCUT2D eigenvalue weighted by molar-refractivity contribution is 6.20. The Kier molecular flexibility index (Phi) is 6.79. The van der Waals surface area contributed by atoms with Gasteiger partial charge in [0.15, 0.2) is 35.6 Å². The molecule has 2 fully saturated rings. The molecule has 0 aliphatic carbocycles. The minimum Gasteiger partial charge on any atom is -0.512 e. The molecule has 2 unspecified atom stereocenters. The van der Waals surface area contributed by atoms with E-state index in [0.717, 1.165) is 35.0 Å². The lowest BCUT2D eigenvalue weighted by molar-refractivity contribution is -0.143. The largest absolute Gasteiger partial charge is 0.660 e. The van der Waals surface area contributed by atoms with Crippen molar-refractivity contribution in [3.63, 3.8) is 0 Å². The standard InChI is InChI=1S/C18H20BF6N4O4/c20-17(21,22)11-9-15(28(26-11)13-5-1-3-7-30-13)32-19-33-16-10-12(18(23,24)25)27-29(16)14-6-2-4-8-31-14/h9-10,13-14H,1-8H2. The van der Waals surface area contributed by atoms with E-state index in [1.165, 1.54) is 0 Å². The van der Waals surface area contributed by atoms with Gasteiger partial charge in [0.25, 0.3) is 0 Å². The average molecular weight is 481 g/mol. The fourth-order valence-electron chi connectivity index (χ4n) is 3.58. The number of rotatable bonds is 6. The predicted octanol–water partition coefficient (Wildman–Crippen LogP) is 4.51. The van der Waals surface area contributed by atoms with E-state index in [1.807, 2.05) is 0 Å². The van der Waals surface area contributed by atoms with Crippen molar-refractivity contribution in [2.24, 2.45) is 0 Å². The zero-order valence-electron chi connectivity index (χ0n) is 17.2. The molecular weight excluding hydrogens is 461 g/mol. The zero-order chi connectivity index (χ0) is 23.6. The third kappa shape index (κ3) is 5.57. The van der Waals surface area contributed by atoms with Crippen molar-refractivity contribution in [1.29, 1.82) is 0 Å². The van der Waals surface area contributed by atoms with Gasteiger partial charge in [0.1, 0.15) is 0 Å². The Bertz CT molecular complexity index is 861. The molecule has 2 aromatic rings. The molecule has 4 rings (SSSR count). The second-order valence-corrected chi connectivity index (χ2v) is 7.59. The van der Waals surface area contributed by atoms with Gasteiger partial charge in [-0.15, -0.1) is 0 Å². The predicted molar refractivity (Wildman–Crippen MR) is 99.1 cm³/mol. The number of hydrogen-bond acceptors (Lipinski definition) is 6. The molecule has 2 aliphatic rings. The van der Waals surface area contributed by atoms with Crippen molar-refractivity contribution < 1.29 is 45.1 Å². The van der Waals surface area contributed by atoms with Crippen molar-refractivity contribution in [1.82, 2.24) is 19.6 Å². The lowest BCUT2D eigenvalue weighted by Gasteiger charge is -2.25. The second-order valence-electron chi connectivity index (χ2n) is 7.59. The molecule has 2 atom stereocenters. The van der Waals surface area contributed by atoms with Crippen LogP contribution in [0.25, 0.3) is 0 Å². The quantitative estimate of drug-likeness (QED) is 0.447. The molecule has 181 valence electrons. The summed E-state index contributed by atoms with van der Waals surface area (Å²) in [4.78, 5) is 0. The van der Waals surface area contributed by atoms with Crippen molar-refractivity contribution in [3.8, 4) is 11.8 Å². The summed E-state index contributed by atoms with van der Waals surface area (Å²) in [5, 5.41) is 7.08. The van der Waals surface area contributed by atoms with Gasteiger partial charge in [-0.05, 0) is 38.5 Å². The summed E-state index contributed by atoms with van der Waals surface area (Å²) in [6.07, 6.45) is -7.14. The van der Waals surface area contributed by atoms with E-state index in [9.17, 15) is 26.3 Å². The Morgan fingerprint density at radius 3 is 1.52 bits per heavy atom. The number of hydrogen-bond donors (Lipinski definition) is 0. The first-order chi connectivity index (χ1) is 15.6. The maximum atomic E-state index is 13.2. The minimum atomic E-state index is -4.72. The molecule has 1 radical (unpaired) electrons. The Hall–Kier alpha value is -2.42. The van der Waals surface area contributed by atoms with Gasteiger partial charge in [-0.25, -0.2) is 9.36 Å². The van der Waals surface area contributed by atoms with Gasteiger partial charge < -0.3 is 18.8 Å². The highest BCUT2D eigenvalue weighted by Gasteiger charge is 2.38. The van der Waals surface area contributed by atoms with E-state index >= 15 is 0 Å². The van der Waals surface area contributed by atoms with Crippen LogP contribution in [0.15, 0.2) is 12.1 Å². The summed E-state index contributed by atoms with van der Waals surface area (Å²) >= 11 is 0. The molecule has 0 saturated carbocycles. The Morgan fingerprint density at radius 2 is 1.18 bits per heavy atom. The molecule has 2 saturated heterocycles. The molecule has 4 heterocycles. The van der Waals surface area contributed by atoms with Crippen LogP contribution >= 0.6 is 0 Å². The topological polar surface area (TPSA) is 72.6 Å². The van der Waals surface area contributed by atoms with Crippen LogP contribution in [-0.4, -0.2) is 40.5 Å². The van der Waals surface area contributed by atoms with E-state index in [-0.39, 0.29) is 11.8 Å². The van der Waals surface area contributed by atoms with Crippen LogP contribution in [-0.2, 0) is 21.8 Å². The second kappa shape index (κ2) is 9.45. The van der Waals surface area contributed by atoms with E-state index in [4.69, 9.17) is 18.8 Å². The Morgan fingerprint density at radius 1 is 0.758 bits per heavy atom. The third-order valence-electron chi connectivity index (χ3n) is 5.18. The highest BCUT2D eigenvalue weighted by atomic mass is 19.4. The van der Waals surface area contributed by atoms with Gasteiger partial charge in [-0.1, -0.05) is 0 Å². The number of aromatic nitrogens is 4. The number of halogens is 6. The van der Waals surface area contributed by atoms with Crippen LogP contribution in [0.3, 0.4) is 0 Å². The van der Waals surface area contributed by atoms with Gasteiger partial charge in [0, 0.05) is 25.3 Å². The van der Waals surface area contributed by atoms with E-state index < -0.39 is 36.2 Å². The zero-order valence-corrected chi connectivity index (χ0v) is 17.2. The fraction of sp³-hybridized carbons (Fsp3) is 0.667. The van der Waals surface area contributed by atoms with Gasteiger partial charge >= 0.3 is 20.0 Å². The lowest BCUT2D eigenvalue weighted by atomic mass is 10.2. The fourth-order valence-corrected chi connectivity index (χ4v) is 3.58. The van der Waals surface area contributed by atoms with E-state index in [2.05, 4.69) is 10.2 Å². The first kappa shape index (κ1) is 23.7. The van der Waals surface area contributed by atoms with Gasteiger partial charge in [0.2, 0.25) is 0 Å². The molecule has 0 bridgehead atoms. The van der Waals surface area contributed by atoms with Gasteiger partial charge in [-0.3, -0.25) is 0 Å². The van der Waals surface area contributed by atoms with Crippen molar-refractivity contribution in [2.45, 2.75) is 63.3 Å². The molecule has 0 N–H and O–H groups in total. The lowest BCUT2D eigenvalue weighted by Crippen LogP contribution is -2.24. The minimum absolute atomic E-state index is 0.328. The first-order valence-electron chi connectivity index (χ1n) is 10.3. The molecule has 0 aromatic carbocycles. The molecule has 15 heteroatoms. The number of nitrogens with zero attached hydrogens (tertiary/aromatic N) is 4. The number of ether oxygens (including phenoxy) is 2. The van der Waals surface area contributed by atoms with Crippen LogP contribution in [0.1, 0.15) is 62.4 Å². The van der Waals surface area contributed by atoms with Crippen LogP contribution in [0.2, 0.25) is 0 Å². The van der Waals surface area contributed by atoms with Crippen LogP contribution in [0.5, 0.6) is 11.8 Å². The smallest absolute Gasteiger partial charge is 0.512 e. The number of alkyl halides is 6. The molecular formula is C18H20BF6N4O4. The monoisotopic (exact) mass is 481 g/mol. The summed E-state index contributed by atoms with van der Waals surface area (Å²) < 4.78 is 102. The van der Waals surface area contributed by atoms with Gasteiger partial charge in [0.05, 0.1) is 0 Å². The molecule has 8 nitrogen and oxygen atoms in total. The van der Waals surface area contributed by atoms with E-state index in [0.29, 0.717) is 45.9 Å². The molecule has 2 aliphatic heterocycles. The molecule has 0 amide bonds. The maximum Gasteiger partial charge on any atom is 0.660 e. The summed E-state index contributed by atoms with van der Waals surface area (Å²) in [6.45, 7) is 0.707. The Labute approximate surface area is 185 Å². The average Bonchev–Trinajstić information content (AvgIpc) is 3.40. The van der Waals surface area contributed by atoms with Crippen LogP contribution < -0.4 is 9.31 Å².